The van der Waals surface area contributed by atoms with Crippen LogP contribution in [0.4, 0.5) is 0 Å². The van der Waals surface area contributed by atoms with E-state index in [1.807, 2.05) is 0 Å². The van der Waals surface area contributed by atoms with Crippen molar-refractivity contribution in [3.8, 4) is 5.75 Å². The van der Waals surface area contributed by atoms with Crippen molar-refractivity contribution in [1.29, 1.82) is 0 Å². The summed E-state index contributed by atoms with van der Waals surface area (Å²) in [6, 6.07) is 3.98. The van der Waals surface area contributed by atoms with Crippen LogP contribution in [0.2, 0.25) is 5.02 Å². The first-order valence-electron chi connectivity index (χ1n) is 7.36. The van der Waals surface area contributed by atoms with Gasteiger partial charge < -0.3 is 20.1 Å². The molecule has 0 aliphatic heterocycles. The number of aliphatic carboxylic acids is 1. The van der Waals surface area contributed by atoms with E-state index in [0.717, 1.165) is 0 Å². The highest BCUT2D eigenvalue weighted by Gasteiger charge is 2.26. The Labute approximate surface area is 145 Å². The molecule has 1 rings (SSSR count). The number of rotatable bonds is 8. The Hall–Kier alpha value is -2.28. The zero-order valence-corrected chi connectivity index (χ0v) is 14.6. The number of hydrogen-bond acceptors (Lipinski definition) is 4. The lowest BCUT2D eigenvalue weighted by Crippen LogP contribution is -2.47. The maximum Gasteiger partial charge on any atom is 0.326 e. The van der Waals surface area contributed by atoms with E-state index < -0.39 is 17.9 Å². The number of carbonyl (C=O) groups is 3. The quantitative estimate of drug-likeness (QED) is 0.732. The van der Waals surface area contributed by atoms with Gasteiger partial charge in [-0.1, -0.05) is 17.7 Å². The van der Waals surface area contributed by atoms with Crippen molar-refractivity contribution >= 4 is 29.4 Å². The summed E-state index contributed by atoms with van der Waals surface area (Å²) in [7, 11) is 1.47. The summed E-state index contributed by atoms with van der Waals surface area (Å²) in [6.07, 6.45) is -0.0967. The molecule has 0 bridgehead atoms. The number of carboxylic acids is 1. The third-order valence-corrected chi connectivity index (χ3v) is 3.85. The standard InChI is InChI=1S/C16H21ClN2O5/c1-10(16(22)23)19(8-7-18-11(2)20)15(21)9-12-13(17)5-4-6-14(12)24-3/h4-6,10H,7-9H2,1-3H3,(H,18,20)(H,22,23). The van der Waals surface area contributed by atoms with Crippen molar-refractivity contribution in [3.63, 3.8) is 0 Å². The predicted molar refractivity (Wildman–Crippen MR) is 89.2 cm³/mol. The molecule has 132 valence electrons. The molecule has 24 heavy (non-hydrogen) atoms. The Morgan fingerprint density at radius 1 is 1.38 bits per heavy atom. The summed E-state index contributed by atoms with van der Waals surface area (Å²) < 4.78 is 5.20. The fraction of sp³-hybridized carbons (Fsp3) is 0.438. The second-order valence-electron chi connectivity index (χ2n) is 5.18. The van der Waals surface area contributed by atoms with Gasteiger partial charge in [-0.15, -0.1) is 0 Å². The number of nitrogens with one attached hydrogen (secondary N) is 1. The van der Waals surface area contributed by atoms with Crippen LogP contribution in [0.25, 0.3) is 0 Å². The molecule has 0 heterocycles. The van der Waals surface area contributed by atoms with E-state index in [9.17, 15) is 19.5 Å². The molecule has 1 aromatic rings. The van der Waals surface area contributed by atoms with Crippen LogP contribution < -0.4 is 10.1 Å². The van der Waals surface area contributed by atoms with Crippen molar-refractivity contribution in [2.75, 3.05) is 20.2 Å². The summed E-state index contributed by atoms with van der Waals surface area (Å²) in [5.41, 5.74) is 0.494. The lowest BCUT2D eigenvalue weighted by Gasteiger charge is -2.27. The van der Waals surface area contributed by atoms with Crippen LogP contribution in [0, 0.1) is 0 Å². The third-order valence-electron chi connectivity index (χ3n) is 3.50. The number of hydrogen-bond donors (Lipinski definition) is 2. The molecule has 0 aliphatic carbocycles. The van der Waals surface area contributed by atoms with Gasteiger partial charge in [-0.2, -0.15) is 0 Å². The molecule has 1 unspecified atom stereocenters. The Morgan fingerprint density at radius 2 is 2.04 bits per heavy atom. The SMILES string of the molecule is COc1cccc(Cl)c1CC(=O)N(CCNC(C)=O)C(C)C(=O)O. The van der Waals surface area contributed by atoms with Gasteiger partial charge >= 0.3 is 5.97 Å². The summed E-state index contributed by atoms with van der Waals surface area (Å²) in [4.78, 5) is 36.0. The van der Waals surface area contributed by atoms with E-state index in [4.69, 9.17) is 16.3 Å². The van der Waals surface area contributed by atoms with Crippen molar-refractivity contribution in [2.24, 2.45) is 0 Å². The Balaban J connectivity index is 2.95. The zero-order valence-electron chi connectivity index (χ0n) is 13.8. The predicted octanol–water partition coefficient (Wildman–Crippen LogP) is 1.33. The topological polar surface area (TPSA) is 95.9 Å². The Morgan fingerprint density at radius 3 is 2.58 bits per heavy atom. The number of carbonyl (C=O) groups excluding carboxylic acids is 2. The van der Waals surface area contributed by atoms with Crippen molar-refractivity contribution in [2.45, 2.75) is 26.3 Å². The third kappa shape index (κ3) is 5.42. The van der Waals surface area contributed by atoms with E-state index in [1.165, 1.54) is 25.9 Å². The summed E-state index contributed by atoms with van der Waals surface area (Å²) in [6.45, 7) is 3.01. The van der Waals surface area contributed by atoms with Gasteiger partial charge in [0.05, 0.1) is 13.5 Å². The van der Waals surface area contributed by atoms with Gasteiger partial charge in [0.1, 0.15) is 11.8 Å². The summed E-state index contributed by atoms with van der Waals surface area (Å²) in [5, 5.41) is 12.1. The maximum absolute atomic E-state index is 12.6. The molecule has 0 saturated carbocycles. The maximum atomic E-state index is 12.6. The highest BCUT2D eigenvalue weighted by Crippen LogP contribution is 2.27. The molecule has 0 saturated heterocycles. The van der Waals surface area contributed by atoms with E-state index in [1.54, 1.807) is 18.2 Å². The van der Waals surface area contributed by atoms with Crippen LogP contribution in [-0.2, 0) is 20.8 Å². The molecule has 0 aliphatic rings. The normalized spacial score (nSPS) is 11.5. The Kier molecular flexibility index (Phi) is 7.51. The number of carboxylic acid groups (broad SMARTS) is 1. The second-order valence-corrected chi connectivity index (χ2v) is 5.59. The smallest absolute Gasteiger partial charge is 0.326 e. The molecule has 0 fully saturated rings. The number of benzene rings is 1. The van der Waals surface area contributed by atoms with Crippen molar-refractivity contribution < 1.29 is 24.2 Å². The zero-order chi connectivity index (χ0) is 18.3. The van der Waals surface area contributed by atoms with Crippen LogP contribution in [-0.4, -0.2) is 54.0 Å². The molecule has 2 amide bonds. The number of amides is 2. The minimum Gasteiger partial charge on any atom is -0.496 e. The first-order valence-corrected chi connectivity index (χ1v) is 7.73. The lowest BCUT2D eigenvalue weighted by atomic mass is 10.1. The first kappa shape index (κ1) is 19.8. The fourth-order valence-corrected chi connectivity index (χ4v) is 2.41. The highest BCUT2D eigenvalue weighted by molar-refractivity contribution is 6.31. The Bertz CT molecular complexity index is 620. The van der Waals surface area contributed by atoms with Crippen LogP contribution in [0.1, 0.15) is 19.4 Å². The van der Waals surface area contributed by atoms with Crippen LogP contribution >= 0.6 is 11.6 Å². The highest BCUT2D eigenvalue weighted by atomic mass is 35.5. The van der Waals surface area contributed by atoms with Crippen LogP contribution in [0.5, 0.6) is 5.75 Å². The van der Waals surface area contributed by atoms with Gasteiger partial charge in [-0.05, 0) is 19.1 Å². The van der Waals surface area contributed by atoms with E-state index in [2.05, 4.69) is 5.32 Å². The molecule has 0 aromatic heterocycles. The first-order chi connectivity index (χ1) is 11.3. The van der Waals surface area contributed by atoms with Crippen molar-refractivity contribution in [3.05, 3.63) is 28.8 Å². The number of halogens is 1. The van der Waals surface area contributed by atoms with E-state index >= 15 is 0 Å². The van der Waals surface area contributed by atoms with Gasteiger partial charge in [0.15, 0.2) is 0 Å². The molecule has 8 heteroatoms. The van der Waals surface area contributed by atoms with E-state index in [0.29, 0.717) is 16.3 Å². The van der Waals surface area contributed by atoms with Gasteiger partial charge in [-0.25, -0.2) is 4.79 Å². The monoisotopic (exact) mass is 356 g/mol. The lowest BCUT2D eigenvalue weighted by molar-refractivity contribution is -0.149. The van der Waals surface area contributed by atoms with Crippen molar-refractivity contribution in [1.82, 2.24) is 10.2 Å². The molecular weight excluding hydrogens is 336 g/mol. The van der Waals surface area contributed by atoms with Crippen LogP contribution in [0.15, 0.2) is 18.2 Å². The molecule has 0 spiro atoms. The second kappa shape index (κ2) is 9.12. The molecule has 0 radical (unpaired) electrons. The minimum atomic E-state index is -1.13. The average Bonchev–Trinajstić information content (AvgIpc) is 2.52. The summed E-state index contributed by atoms with van der Waals surface area (Å²) >= 11 is 6.12. The van der Waals surface area contributed by atoms with Crippen LogP contribution in [0.3, 0.4) is 0 Å². The van der Waals surface area contributed by atoms with Gasteiger partial charge in [-0.3, -0.25) is 9.59 Å². The molecular formula is C16H21ClN2O5. The fourth-order valence-electron chi connectivity index (χ4n) is 2.17. The number of nitrogens with zero attached hydrogens (tertiary/aromatic N) is 1. The van der Waals surface area contributed by atoms with E-state index in [-0.39, 0.29) is 25.4 Å². The number of methoxy groups -OCH3 is 1. The minimum absolute atomic E-state index is 0.0820. The molecule has 1 atom stereocenters. The largest absolute Gasteiger partial charge is 0.496 e. The van der Waals surface area contributed by atoms with Gasteiger partial charge in [0.25, 0.3) is 0 Å². The van der Waals surface area contributed by atoms with Gasteiger partial charge in [0.2, 0.25) is 11.8 Å². The molecule has 1 aromatic carbocycles. The average molecular weight is 357 g/mol. The molecule has 2 N–H and O–H groups in total. The molecule has 7 nitrogen and oxygen atoms in total. The summed E-state index contributed by atoms with van der Waals surface area (Å²) in [5.74, 6) is -1.34. The number of ether oxygens (including phenoxy) is 1. The van der Waals surface area contributed by atoms with Gasteiger partial charge in [0, 0.05) is 30.6 Å².